The molecule has 0 aliphatic heterocycles. The average Bonchev–Trinajstić information content (AvgIpc) is 2.57. The molecule has 24 heavy (non-hydrogen) atoms. The fourth-order valence-corrected chi connectivity index (χ4v) is 3.51. The second-order valence-corrected chi connectivity index (χ2v) is 6.83. The highest BCUT2D eigenvalue weighted by atomic mass is 35.5. The molecular formula is C19H27ClO4. The smallest absolute Gasteiger partial charge is 0.306 e. The van der Waals surface area contributed by atoms with Crippen molar-refractivity contribution in [1.29, 1.82) is 0 Å². The van der Waals surface area contributed by atoms with E-state index < -0.39 is 12.2 Å². The molecule has 1 aliphatic rings. The first-order valence-corrected chi connectivity index (χ1v) is 9.04. The molecule has 0 saturated heterocycles. The number of hydrogen-bond donors (Lipinski definition) is 0. The molecule has 2 atom stereocenters. The van der Waals surface area contributed by atoms with Crippen LogP contribution in [0.2, 0.25) is 5.02 Å². The van der Waals surface area contributed by atoms with Crippen molar-refractivity contribution in [3.05, 3.63) is 34.9 Å². The van der Waals surface area contributed by atoms with E-state index in [-0.39, 0.29) is 12.8 Å². The normalized spacial score (nSPS) is 18.1. The highest BCUT2D eigenvalue weighted by Gasteiger charge is 2.27. The quantitative estimate of drug-likeness (QED) is 0.491. The lowest BCUT2D eigenvalue weighted by Gasteiger charge is -2.26. The van der Waals surface area contributed by atoms with Crippen LogP contribution in [0, 0.1) is 5.92 Å². The molecule has 2 rings (SSSR count). The van der Waals surface area contributed by atoms with Gasteiger partial charge in [-0.2, -0.15) is 0 Å². The SMILES string of the molecule is COCO[C@H](c1ccccc1Cl)[C@@H](C)OC(=O)CC1CCCCC1. The van der Waals surface area contributed by atoms with E-state index in [1.165, 1.54) is 19.3 Å². The van der Waals surface area contributed by atoms with Gasteiger partial charge in [-0.15, -0.1) is 0 Å². The highest BCUT2D eigenvalue weighted by molar-refractivity contribution is 6.31. The predicted octanol–water partition coefficient (Wildman–Crippen LogP) is 4.90. The van der Waals surface area contributed by atoms with Gasteiger partial charge in [0.25, 0.3) is 0 Å². The monoisotopic (exact) mass is 354 g/mol. The van der Waals surface area contributed by atoms with Crippen molar-refractivity contribution in [2.45, 2.75) is 57.7 Å². The molecule has 1 saturated carbocycles. The summed E-state index contributed by atoms with van der Waals surface area (Å²) >= 11 is 6.27. The summed E-state index contributed by atoms with van der Waals surface area (Å²) in [6.07, 6.45) is 5.56. The van der Waals surface area contributed by atoms with Gasteiger partial charge in [-0.05, 0) is 31.7 Å². The summed E-state index contributed by atoms with van der Waals surface area (Å²) in [5, 5.41) is 0.591. The zero-order chi connectivity index (χ0) is 17.4. The van der Waals surface area contributed by atoms with Crippen LogP contribution in [0.15, 0.2) is 24.3 Å². The molecule has 0 unspecified atom stereocenters. The maximum Gasteiger partial charge on any atom is 0.306 e. The van der Waals surface area contributed by atoms with E-state index in [9.17, 15) is 4.79 Å². The lowest BCUT2D eigenvalue weighted by Crippen LogP contribution is -2.27. The Balaban J connectivity index is 1.97. The van der Waals surface area contributed by atoms with E-state index in [0.717, 1.165) is 18.4 Å². The van der Waals surface area contributed by atoms with Crippen LogP contribution in [0.5, 0.6) is 0 Å². The molecule has 0 bridgehead atoms. The van der Waals surface area contributed by atoms with Crippen molar-refractivity contribution >= 4 is 17.6 Å². The van der Waals surface area contributed by atoms with Gasteiger partial charge in [-0.25, -0.2) is 0 Å². The number of carbonyl (C=O) groups excluding carboxylic acids is 1. The van der Waals surface area contributed by atoms with Crippen LogP contribution in [0.3, 0.4) is 0 Å². The van der Waals surface area contributed by atoms with Crippen molar-refractivity contribution in [2.24, 2.45) is 5.92 Å². The van der Waals surface area contributed by atoms with Crippen molar-refractivity contribution < 1.29 is 19.0 Å². The standard InChI is InChI=1S/C19H27ClO4/c1-14(24-18(21)12-15-8-4-3-5-9-15)19(23-13-22-2)16-10-6-7-11-17(16)20/h6-7,10-11,14-15,19H,3-5,8-9,12-13H2,1-2H3/t14-,19+/m1/s1. The number of hydrogen-bond acceptors (Lipinski definition) is 4. The second-order valence-electron chi connectivity index (χ2n) is 6.42. The third kappa shape index (κ3) is 5.76. The number of benzene rings is 1. The van der Waals surface area contributed by atoms with Crippen molar-refractivity contribution in [1.82, 2.24) is 0 Å². The van der Waals surface area contributed by atoms with Crippen LogP contribution >= 0.6 is 11.6 Å². The molecule has 1 aromatic rings. The topological polar surface area (TPSA) is 44.8 Å². The summed E-state index contributed by atoms with van der Waals surface area (Å²) in [4.78, 5) is 12.3. The summed E-state index contributed by atoms with van der Waals surface area (Å²) in [6, 6.07) is 7.44. The zero-order valence-electron chi connectivity index (χ0n) is 14.5. The minimum Gasteiger partial charge on any atom is -0.460 e. The first kappa shape index (κ1) is 19.2. The molecule has 5 heteroatoms. The molecule has 4 nitrogen and oxygen atoms in total. The molecule has 0 amide bonds. The third-order valence-corrected chi connectivity index (χ3v) is 4.85. The lowest BCUT2D eigenvalue weighted by atomic mass is 9.87. The van der Waals surface area contributed by atoms with Gasteiger partial charge < -0.3 is 14.2 Å². The largest absolute Gasteiger partial charge is 0.460 e. The van der Waals surface area contributed by atoms with Gasteiger partial charge in [0.2, 0.25) is 0 Å². The Kier molecular flexibility index (Phi) is 8.03. The van der Waals surface area contributed by atoms with E-state index in [4.69, 9.17) is 25.8 Å². The summed E-state index contributed by atoms with van der Waals surface area (Å²) in [5.41, 5.74) is 0.800. The van der Waals surface area contributed by atoms with Crippen LogP contribution in [0.4, 0.5) is 0 Å². The van der Waals surface area contributed by atoms with Crippen LogP contribution in [0.1, 0.15) is 57.1 Å². The van der Waals surface area contributed by atoms with Gasteiger partial charge in [0.05, 0.1) is 0 Å². The van der Waals surface area contributed by atoms with Crippen LogP contribution < -0.4 is 0 Å². The summed E-state index contributed by atoms with van der Waals surface area (Å²) in [5.74, 6) is 0.296. The summed E-state index contributed by atoms with van der Waals surface area (Å²) in [7, 11) is 1.56. The number of carbonyl (C=O) groups is 1. The van der Waals surface area contributed by atoms with E-state index >= 15 is 0 Å². The van der Waals surface area contributed by atoms with Crippen LogP contribution in [0.25, 0.3) is 0 Å². The zero-order valence-corrected chi connectivity index (χ0v) is 15.3. The molecule has 134 valence electrons. The molecule has 0 radical (unpaired) electrons. The Labute approximate surface area is 149 Å². The molecule has 0 aromatic heterocycles. The number of ether oxygens (including phenoxy) is 3. The van der Waals surface area contributed by atoms with Crippen molar-refractivity contribution in [2.75, 3.05) is 13.9 Å². The maximum absolute atomic E-state index is 12.3. The molecule has 0 spiro atoms. The van der Waals surface area contributed by atoms with E-state index in [1.807, 2.05) is 25.1 Å². The fourth-order valence-electron chi connectivity index (χ4n) is 3.27. The van der Waals surface area contributed by atoms with Crippen molar-refractivity contribution in [3.63, 3.8) is 0 Å². The minimum absolute atomic E-state index is 0.112. The second kappa shape index (κ2) is 10.0. The van der Waals surface area contributed by atoms with Crippen LogP contribution in [-0.2, 0) is 19.0 Å². The number of rotatable bonds is 8. The molecule has 1 aromatic carbocycles. The average molecular weight is 355 g/mol. The Morgan fingerprint density at radius 1 is 1.25 bits per heavy atom. The Morgan fingerprint density at radius 2 is 1.96 bits per heavy atom. The highest BCUT2D eigenvalue weighted by Crippen LogP contribution is 2.31. The summed E-state index contributed by atoms with van der Waals surface area (Å²) < 4.78 is 16.4. The fraction of sp³-hybridized carbons (Fsp3) is 0.632. The number of methoxy groups -OCH3 is 1. The molecule has 0 N–H and O–H groups in total. The van der Waals surface area contributed by atoms with Gasteiger partial charge in [0.15, 0.2) is 0 Å². The van der Waals surface area contributed by atoms with Gasteiger partial charge in [0, 0.05) is 24.1 Å². The maximum atomic E-state index is 12.3. The molecule has 1 aliphatic carbocycles. The Hall–Kier alpha value is -1.10. The van der Waals surface area contributed by atoms with E-state index in [2.05, 4.69) is 0 Å². The number of esters is 1. The predicted molar refractivity (Wildman–Crippen MR) is 93.9 cm³/mol. The Morgan fingerprint density at radius 3 is 2.62 bits per heavy atom. The van der Waals surface area contributed by atoms with E-state index in [0.29, 0.717) is 17.4 Å². The molecule has 0 heterocycles. The van der Waals surface area contributed by atoms with Crippen LogP contribution in [-0.4, -0.2) is 26.0 Å². The first-order valence-electron chi connectivity index (χ1n) is 8.66. The van der Waals surface area contributed by atoms with Gasteiger partial charge >= 0.3 is 5.97 Å². The number of halogens is 1. The first-order chi connectivity index (χ1) is 11.6. The Bertz CT molecular complexity index is 514. The summed E-state index contributed by atoms with van der Waals surface area (Å²) in [6.45, 7) is 1.95. The molecular weight excluding hydrogens is 328 g/mol. The van der Waals surface area contributed by atoms with Gasteiger partial charge in [0.1, 0.15) is 19.0 Å². The third-order valence-electron chi connectivity index (χ3n) is 4.50. The van der Waals surface area contributed by atoms with E-state index in [1.54, 1.807) is 13.2 Å². The lowest BCUT2D eigenvalue weighted by molar-refractivity contribution is -0.165. The van der Waals surface area contributed by atoms with Gasteiger partial charge in [-0.1, -0.05) is 49.1 Å². The molecule has 1 fully saturated rings. The van der Waals surface area contributed by atoms with Gasteiger partial charge in [-0.3, -0.25) is 4.79 Å². The minimum atomic E-state index is -0.450. The van der Waals surface area contributed by atoms with Crippen molar-refractivity contribution in [3.8, 4) is 0 Å².